The minimum atomic E-state index is -0.381. The van der Waals surface area contributed by atoms with Crippen LogP contribution in [0.5, 0.6) is 0 Å². The van der Waals surface area contributed by atoms with Crippen LogP contribution in [0.15, 0.2) is 18.2 Å². The van der Waals surface area contributed by atoms with Gasteiger partial charge in [-0.2, -0.15) is 0 Å². The van der Waals surface area contributed by atoms with Gasteiger partial charge in [-0.1, -0.05) is 19.9 Å². The molecule has 0 radical (unpaired) electrons. The molecule has 0 spiro atoms. The Labute approximate surface area is 95.7 Å². The number of ketones is 1. The third-order valence-electron chi connectivity index (χ3n) is 2.86. The van der Waals surface area contributed by atoms with Crippen LogP contribution in [-0.4, -0.2) is 12.3 Å². The summed E-state index contributed by atoms with van der Waals surface area (Å²) >= 11 is 0. The van der Waals surface area contributed by atoms with E-state index >= 15 is 0 Å². The number of benzene rings is 1. The third kappa shape index (κ3) is 2.67. The molecule has 0 saturated heterocycles. The largest absolute Gasteiger partial charge is 0.330 e. The highest BCUT2D eigenvalue weighted by Gasteiger charge is 2.23. The average Bonchev–Trinajstić information content (AvgIpc) is 2.22. The molecule has 1 atom stereocenters. The number of rotatable bonds is 4. The summed E-state index contributed by atoms with van der Waals surface area (Å²) in [6.45, 7) is 6.00. The topological polar surface area (TPSA) is 43.1 Å². The van der Waals surface area contributed by atoms with Gasteiger partial charge in [0.25, 0.3) is 0 Å². The van der Waals surface area contributed by atoms with Crippen molar-refractivity contribution >= 4 is 5.78 Å². The highest BCUT2D eigenvalue weighted by atomic mass is 19.1. The molecule has 0 bridgehead atoms. The van der Waals surface area contributed by atoms with Crippen LogP contribution in [0.3, 0.4) is 0 Å². The molecular formula is C13H18FNO. The smallest absolute Gasteiger partial charge is 0.167 e. The van der Waals surface area contributed by atoms with Gasteiger partial charge in [0.05, 0.1) is 0 Å². The van der Waals surface area contributed by atoms with Gasteiger partial charge in [0.15, 0.2) is 5.78 Å². The summed E-state index contributed by atoms with van der Waals surface area (Å²) in [5.41, 5.74) is 6.83. The Morgan fingerprint density at radius 2 is 2.06 bits per heavy atom. The Balaban J connectivity index is 3.08. The molecule has 0 aliphatic rings. The first-order chi connectivity index (χ1) is 7.47. The number of nitrogens with two attached hydrogens (primary N) is 1. The van der Waals surface area contributed by atoms with E-state index in [0.29, 0.717) is 12.1 Å². The second kappa shape index (κ2) is 5.21. The minimum absolute atomic E-state index is 0.0606. The van der Waals surface area contributed by atoms with Gasteiger partial charge in [-0.3, -0.25) is 4.79 Å². The lowest BCUT2D eigenvalue weighted by Gasteiger charge is -2.18. The fraction of sp³-hybridized carbons (Fsp3) is 0.462. The molecule has 1 aromatic rings. The van der Waals surface area contributed by atoms with Gasteiger partial charge < -0.3 is 5.73 Å². The van der Waals surface area contributed by atoms with Crippen molar-refractivity contribution in [2.75, 3.05) is 6.54 Å². The van der Waals surface area contributed by atoms with Crippen molar-refractivity contribution in [3.8, 4) is 0 Å². The van der Waals surface area contributed by atoms with Crippen LogP contribution < -0.4 is 5.73 Å². The summed E-state index contributed by atoms with van der Waals surface area (Å²) in [5, 5.41) is 0. The van der Waals surface area contributed by atoms with Gasteiger partial charge in [0, 0.05) is 18.0 Å². The molecule has 0 aliphatic carbocycles. The van der Waals surface area contributed by atoms with Crippen LogP contribution >= 0.6 is 0 Å². The Bertz CT molecular complexity index is 388. The van der Waals surface area contributed by atoms with Crippen LogP contribution in [0.2, 0.25) is 0 Å². The predicted molar refractivity (Wildman–Crippen MR) is 62.8 cm³/mol. The standard InChI is InChI=1S/C13H18FNO/c1-8(2)12(7-15)13(16)11-6-10(14)5-4-9(11)3/h4-6,8,12H,7,15H2,1-3H3. The van der Waals surface area contributed by atoms with Gasteiger partial charge in [-0.15, -0.1) is 0 Å². The third-order valence-corrected chi connectivity index (χ3v) is 2.86. The van der Waals surface area contributed by atoms with E-state index in [0.717, 1.165) is 5.56 Å². The molecule has 0 fully saturated rings. The summed E-state index contributed by atoms with van der Waals surface area (Å²) in [5.74, 6) is -0.511. The zero-order valence-corrected chi connectivity index (χ0v) is 9.96. The molecule has 3 heteroatoms. The lowest BCUT2D eigenvalue weighted by Crippen LogP contribution is -2.29. The van der Waals surface area contributed by atoms with E-state index in [1.54, 1.807) is 13.0 Å². The van der Waals surface area contributed by atoms with E-state index in [1.807, 2.05) is 13.8 Å². The SMILES string of the molecule is Cc1ccc(F)cc1C(=O)C(CN)C(C)C. The molecule has 16 heavy (non-hydrogen) atoms. The zero-order valence-electron chi connectivity index (χ0n) is 9.96. The number of Topliss-reactive ketones (excluding diaryl/α,β-unsaturated/α-hetero) is 1. The molecule has 1 rings (SSSR count). The monoisotopic (exact) mass is 223 g/mol. The first-order valence-electron chi connectivity index (χ1n) is 5.47. The van der Waals surface area contributed by atoms with E-state index in [9.17, 15) is 9.18 Å². The van der Waals surface area contributed by atoms with Crippen LogP contribution in [0.25, 0.3) is 0 Å². The maximum Gasteiger partial charge on any atom is 0.167 e. The Morgan fingerprint density at radius 1 is 1.44 bits per heavy atom. The van der Waals surface area contributed by atoms with Crippen LogP contribution in [0, 0.1) is 24.6 Å². The fourth-order valence-electron chi connectivity index (χ4n) is 1.74. The number of aryl methyl sites for hydroxylation is 1. The van der Waals surface area contributed by atoms with Gasteiger partial charge in [0.2, 0.25) is 0 Å². The number of hydrogen-bond acceptors (Lipinski definition) is 2. The molecule has 88 valence electrons. The van der Waals surface area contributed by atoms with Crippen LogP contribution in [0.4, 0.5) is 4.39 Å². The first-order valence-corrected chi connectivity index (χ1v) is 5.47. The molecular weight excluding hydrogens is 205 g/mol. The van der Waals surface area contributed by atoms with E-state index in [2.05, 4.69) is 0 Å². The molecule has 0 saturated carbocycles. The maximum atomic E-state index is 13.1. The summed E-state index contributed by atoms with van der Waals surface area (Å²) < 4.78 is 13.1. The molecule has 2 nitrogen and oxygen atoms in total. The van der Waals surface area contributed by atoms with Crippen molar-refractivity contribution in [1.82, 2.24) is 0 Å². The normalized spacial score (nSPS) is 12.9. The van der Waals surface area contributed by atoms with E-state index in [-0.39, 0.29) is 23.4 Å². The predicted octanol–water partition coefficient (Wildman–Crippen LogP) is 2.55. The first kappa shape index (κ1) is 12.8. The highest BCUT2D eigenvalue weighted by Crippen LogP contribution is 2.19. The molecule has 0 aliphatic heterocycles. The van der Waals surface area contributed by atoms with E-state index in [1.165, 1.54) is 12.1 Å². The molecule has 0 heterocycles. The van der Waals surface area contributed by atoms with Crippen molar-refractivity contribution in [1.29, 1.82) is 0 Å². The quantitative estimate of drug-likeness (QED) is 0.797. The fourth-order valence-corrected chi connectivity index (χ4v) is 1.74. The van der Waals surface area contributed by atoms with Crippen LogP contribution in [0.1, 0.15) is 29.8 Å². The van der Waals surface area contributed by atoms with Crippen molar-refractivity contribution in [3.05, 3.63) is 35.1 Å². The second-order valence-electron chi connectivity index (χ2n) is 4.41. The van der Waals surface area contributed by atoms with Crippen LogP contribution in [-0.2, 0) is 0 Å². The molecule has 1 unspecified atom stereocenters. The molecule has 0 aromatic heterocycles. The van der Waals surface area contributed by atoms with Gasteiger partial charge in [-0.05, 0) is 30.5 Å². The minimum Gasteiger partial charge on any atom is -0.330 e. The summed E-state index contributed by atoms with van der Waals surface area (Å²) in [7, 11) is 0. The van der Waals surface area contributed by atoms with Crippen molar-refractivity contribution in [3.63, 3.8) is 0 Å². The number of carbonyl (C=O) groups is 1. The van der Waals surface area contributed by atoms with Gasteiger partial charge in [-0.25, -0.2) is 4.39 Å². The molecule has 2 N–H and O–H groups in total. The number of carbonyl (C=O) groups excluding carboxylic acids is 1. The summed E-state index contributed by atoms with van der Waals surface area (Å²) in [4.78, 5) is 12.1. The Hall–Kier alpha value is -1.22. The van der Waals surface area contributed by atoms with Crippen molar-refractivity contribution in [2.45, 2.75) is 20.8 Å². The Kier molecular flexibility index (Phi) is 4.19. The van der Waals surface area contributed by atoms with Gasteiger partial charge >= 0.3 is 0 Å². The lowest BCUT2D eigenvalue weighted by molar-refractivity contribution is 0.0891. The highest BCUT2D eigenvalue weighted by molar-refractivity contribution is 5.99. The molecule has 1 aromatic carbocycles. The summed E-state index contributed by atoms with van der Waals surface area (Å²) in [6.07, 6.45) is 0. The van der Waals surface area contributed by atoms with Gasteiger partial charge in [0.1, 0.15) is 5.82 Å². The van der Waals surface area contributed by atoms with E-state index in [4.69, 9.17) is 5.73 Å². The van der Waals surface area contributed by atoms with Crippen molar-refractivity contribution < 1.29 is 9.18 Å². The zero-order chi connectivity index (χ0) is 12.3. The number of halogens is 1. The molecule has 0 amide bonds. The van der Waals surface area contributed by atoms with Crippen molar-refractivity contribution in [2.24, 2.45) is 17.6 Å². The lowest BCUT2D eigenvalue weighted by atomic mass is 9.86. The summed E-state index contributed by atoms with van der Waals surface area (Å²) in [6, 6.07) is 4.28. The average molecular weight is 223 g/mol. The van der Waals surface area contributed by atoms with E-state index < -0.39 is 0 Å². The maximum absolute atomic E-state index is 13.1. The second-order valence-corrected chi connectivity index (χ2v) is 4.41. The Morgan fingerprint density at radius 3 is 2.56 bits per heavy atom. The number of hydrogen-bond donors (Lipinski definition) is 1.